The van der Waals surface area contributed by atoms with Crippen LogP contribution in [0.4, 0.5) is 5.69 Å². The zero-order valence-electron chi connectivity index (χ0n) is 11.2. The fourth-order valence-electron chi connectivity index (χ4n) is 3.00. The normalized spacial score (nSPS) is 16.8. The Morgan fingerprint density at radius 1 is 1.06 bits per heavy atom. The van der Waals surface area contributed by atoms with Crippen molar-refractivity contribution in [3.05, 3.63) is 22.5 Å². The number of amides is 1. The molecule has 2 aliphatic carbocycles. The molecule has 0 atom stereocenters. The number of fused-ring (bicyclic) bond motifs is 2. The van der Waals surface area contributed by atoms with Crippen LogP contribution < -0.4 is 5.32 Å². The number of aromatic nitrogens is 1. The largest absolute Gasteiger partial charge is 0.325 e. The summed E-state index contributed by atoms with van der Waals surface area (Å²) in [5.41, 5.74) is 6.20. The summed E-state index contributed by atoms with van der Waals surface area (Å²) in [6.45, 7) is 3.88. The van der Waals surface area contributed by atoms with Crippen LogP contribution in [0, 0.1) is 5.92 Å². The van der Waals surface area contributed by atoms with Gasteiger partial charge in [-0.05, 0) is 49.7 Å². The lowest BCUT2D eigenvalue weighted by atomic mass is 10.0. The van der Waals surface area contributed by atoms with Gasteiger partial charge in [0.15, 0.2) is 0 Å². The fraction of sp³-hybridized carbons (Fsp3) is 0.600. The standard InChI is InChI=1S/C15H20N2O/c1-9(2)15(18)17-14-10-5-3-7-12(10)16-13-8-4-6-11(13)14/h9H,3-8H2,1-2H3,(H,16,17,18). The monoisotopic (exact) mass is 244 g/mol. The van der Waals surface area contributed by atoms with E-state index in [9.17, 15) is 4.79 Å². The predicted molar refractivity (Wildman–Crippen MR) is 71.8 cm³/mol. The SMILES string of the molecule is CC(C)C(=O)Nc1c2c(nc3c1CCC3)CCC2. The number of nitrogens with zero attached hydrogens (tertiary/aromatic N) is 1. The third-order valence-electron chi connectivity index (χ3n) is 4.02. The highest BCUT2D eigenvalue weighted by Crippen LogP contribution is 2.36. The van der Waals surface area contributed by atoms with Crippen LogP contribution in [0.5, 0.6) is 0 Å². The summed E-state index contributed by atoms with van der Waals surface area (Å²) in [5, 5.41) is 3.16. The Balaban J connectivity index is 2.04. The molecule has 0 radical (unpaired) electrons. The van der Waals surface area contributed by atoms with Gasteiger partial charge in [-0.25, -0.2) is 0 Å². The summed E-state index contributed by atoms with van der Waals surface area (Å²) < 4.78 is 0. The molecule has 0 saturated heterocycles. The molecule has 1 aromatic rings. The van der Waals surface area contributed by atoms with Crippen molar-refractivity contribution < 1.29 is 4.79 Å². The quantitative estimate of drug-likeness (QED) is 0.869. The zero-order chi connectivity index (χ0) is 12.7. The molecule has 0 aliphatic heterocycles. The van der Waals surface area contributed by atoms with Crippen LogP contribution in [0.3, 0.4) is 0 Å². The van der Waals surface area contributed by atoms with E-state index < -0.39 is 0 Å². The first-order chi connectivity index (χ1) is 8.66. The van der Waals surface area contributed by atoms with Crippen molar-refractivity contribution in [2.24, 2.45) is 5.92 Å². The molecule has 0 aromatic carbocycles. The van der Waals surface area contributed by atoms with Crippen LogP contribution in [0.15, 0.2) is 0 Å². The molecule has 1 aromatic heterocycles. The first kappa shape index (κ1) is 11.7. The molecule has 1 N–H and O–H groups in total. The summed E-state index contributed by atoms with van der Waals surface area (Å²) >= 11 is 0. The van der Waals surface area contributed by atoms with Gasteiger partial charge >= 0.3 is 0 Å². The molecule has 2 aliphatic rings. The first-order valence-electron chi connectivity index (χ1n) is 7.01. The highest BCUT2D eigenvalue weighted by molar-refractivity contribution is 5.94. The number of aryl methyl sites for hydroxylation is 2. The highest BCUT2D eigenvalue weighted by Gasteiger charge is 2.26. The van der Waals surface area contributed by atoms with E-state index in [-0.39, 0.29) is 11.8 Å². The average Bonchev–Trinajstić information content (AvgIpc) is 2.95. The third-order valence-corrected chi connectivity index (χ3v) is 4.02. The van der Waals surface area contributed by atoms with E-state index >= 15 is 0 Å². The zero-order valence-corrected chi connectivity index (χ0v) is 11.2. The number of rotatable bonds is 2. The summed E-state index contributed by atoms with van der Waals surface area (Å²) in [7, 11) is 0. The van der Waals surface area contributed by atoms with E-state index in [1.807, 2.05) is 13.8 Å². The first-order valence-corrected chi connectivity index (χ1v) is 7.01. The van der Waals surface area contributed by atoms with Crippen LogP contribution in [0.25, 0.3) is 0 Å². The third kappa shape index (κ3) is 1.82. The lowest BCUT2D eigenvalue weighted by molar-refractivity contribution is -0.118. The van der Waals surface area contributed by atoms with Gasteiger partial charge in [-0.15, -0.1) is 0 Å². The van der Waals surface area contributed by atoms with Crippen LogP contribution in [-0.2, 0) is 30.5 Å². The number of pyridine rings is 1. The van der Waals surface area contributed by atoms with Gasteiger partial charge in [0.1, 0.15) is 0 Å². The minimum absolute atomic E-state index is 0.0345. The fourth-order valence-corrected chi connectivity index (χ4v) is 3.00. The van der Waals surface area contributed by atoms with Gasteiger partial charge in [0.2, 0.25) is 5.91 Å². The molecule has 3 nitrogen and oxygen atoms in total. The summed E-state index contributed by atoms with van der Waals surface area (Å²) in [4.78, 5) is 16.8. The van der Waals surface area contributed by atoms with E-state index in [0.717, 1.165) is 31.4 Å². The number of hydrogen-bond donors (Lipinski definition) is 1. The van der Waals surface area contributed by atoms with Gasteiger partial charge in [0.05, 0.1) is 5.69 Å². The maximum absolute atomic E-state index is 12.0. The van der Waals surface area contributed by atoms with Crippen molar-refractivity contribution in [1.29, 1.82) is 0 Å². The Kier molecular flexibility index (Phi) is 2.84. The summed E-state index contributed by atoms with van der Waals surface area (Å²) in [5.74, 6) is 0.164. The lowest BCUT2D eigenvalue weighted by Gasteiger charge is -2.16. The molecule has 3 rings (SSSR count). The van der Waals surface area contributed by atoms with Gasteiger partial charge in [-0.1, -0.05) is 13.8 Å². The molecule has 18 heavy (non-hydrogen) atoms. The van der Waals surface area contributed by atoms with E-state index in [4.69, 9.17) is 4.98 Å². The number of carbonyl (C=O) groups is 1. The van der Waals surface area contributed by atoms with Crippen LogP contribution in [-0.4, -0.2) is 10.9 Å². The number of hydrogen-bond acceptors (Lipinski definition) is 2. The molecule has 3 heteroatoms. The molecule has 0 saturated carbocycles. The average molecular weight is 244 g/mol. The smallest absolute Gasteiger partial charge is 0.226 e. The Bertz CT molecular complexity index is 473. The van der Waals surface area contributed by atoms with E-state index in [1.165, 1.54) is 35.4 Å². The van der Waals surface area contributed by atoms with Gasteiger partial charge < -0.3 is 5.32 Å². The number of anilines is 1. The molecule has 1 heterocycles. The summed E-state index contributed by atoms with van der Waals surface area (Å²) in [6, 6.07) is 0. The second kappa shape index (κ2) is 4.38. The molecule has 0 unspecified atom stereocenters. The Morgan fingerprint density at radius 2 is 1.61 bits per heavy atom. The molecule has 0 bridgehead atoms. The highest BCUT2D eigenvalue weighted by atomic mass is 16.1. The maximum atomic E-state index is 12.0. The molecule has 1 amide bonds. The van der Waals surface area contributed by atoms with Gasteiger partial charge in [-0.2, -0.15) is 0 Å². The van der Waals surface area contributed by atoms with Crippen LogP contribution in [0.2, 0.25) is 0 Å². The second-order valence-electron chi connectivity index (χ2n) is 5.69. The number of nitrogens with one attached hydrogen (secondary N) is 1. The van der Waals surface area contributed by atoms with Crippen LogP contribution in [0.1, 0.15) is 49.2 Å². The predicted octanol–water partition coefficient (Wildman–Crippen LogP) is 2.65. The minimum atomic E-state index is 0.0345. The van der Waals surface area contributed by atoms with Crippen LogP contribution >= 0.6 is 0 Å². The van der Waals surface area contributed by atoms with Gasteiger partial charge in [0, 0.05) is 17.3 Å². The molecule has 0 spiro atoms. The second-order valence-corrected chi connectivity index (χ2v) is 5.69. The van der Waals surface area contributed by atoms with Gasteiger partial charge in [-0.3, -0.25) is 9.78 Å². The Hall–Kier alpha value is -1.38. The molecular formula is C15H20N2O. The van der Waals surface area contributed by atoms with Crippen molar-refractivity contribution in [3.63, 3.8) is 0 Å². The van der Waals surface area contributed by atoms with Crippen molar-refractivity contribution in [1.82, 2.24) is 4.98 Å². The van der Waals surface area contributed by atoms with Crippen molar-refractivity contribution in [2.45, 2.75) is 52.4 Å². The van der Waals surface area contributed by atoms with Crippen molar-refractivity contribution in [3.8, 4) is 0 Å². The van der Waals surface area contributed by atoms with E-state index in [1.54, 1.807) is 0 Å². The van der Waals surface area contributed by atoms with Crippen molar-refractivity contribution >= 4 is 11.6 Å². The Labute approximate surface area is 108 Å². The molecule has 96 valence electrons. The minimum Gasteiger partial charge on any atom is -0.325 e. The van der Waals surface area contributed by atoms with E-state index in [2.05, 4.69) is 5.32 Å². The topological polar surface area (TPSA) is 42.0 Å². The van der Waals surface area contributed by atoms with Gasteiger partial charge in [0.25, 0.3) is 0 Å². The molecule has 0 fully saturated rings. The van der Waals surface area contributed by atoms with E-state index in [0.29, 0.717) is 0 Å². The molecular weight excluding hydrogens is 224 g/mol. The lowest BCUT2D eigenvalue weighted by Crippen LogP contribution is -2.20. The maximum Gasteiger partial charge on any atom is 0.226 e. The summed E-state index contributed by atoms with van der Waals surface area (Å²) in [6.07, 6.45) is 6.65. The Morgan fingerprint density at radius 3 is 2.11 bits per heavy atom. The van der Waals surface area contributed by atoms with Crippen molar-refractivity contribution in [2.75, 3.05) is 5.32 Å². The number of carbonyl (C=O) groups excluding carboxylic acids is 1.